The van der Waals surface area contributed by atoms with Gasteiger partial charge in [-0.2, -0.15) is 5.10 Å². The Morgan fingerprint density at radius 3 is 2.69 bits per heavy atom. The van der Waals surface area contributed by atoms with Crippen LogP contribution in [0.5, 0.6) is 0 Å². The van der Waals surface area contributed by atoms with E-state index in [1.807, 2.05) is 43.9 Å². The van der Waals surface area contributed by atoms with E-state index in [2.05, 4.69) is 23.1 Å². The van der Waals surface area contributed by atoms with Crippen LogP contribution >= 0.6 is 0 Å². The van der Waals surface area contributed by atoms with E-state index in [0.29, 0.717) is 23.4 Å². The molecule has 0 saturated heterocycles. The summed E-state index contributed by atoms with van der Waals surface area (Å²) in [6, 6.07) is 8.14. The Morgan fingerprint density at radius 2 is 1.97 bits per heavy atom. The predicted octanol–water partition coefficient (Wildman–Crippen LogP) is 3.02. The molecule has 7 heteroatoms. The number of amides is 1. The number of nitrogens with zero attached hydrogens (tertiary/aromatic N) is 5. The molecule has 2 aromatic heterocycles. The number of para-hydroxylation sites is 1. The van der Waals surface area contributed by atoms with E-state index in [0.717, 1.165) is 12.1 Å². The fourth-order valence-electron chi connectivity index (χ4n) is 4.13. The highest BCUT2D eigenvalue weighted by atomic mass is 16.2. The van der Waals surface area contributed by atoms with Gasteiger partial charge in [0.2, 0.25) is 5.91 Å². The first-order chi connectivity index (χ1) is 13.7. The van der Waals surface area contributed by atoms with E-state index in [1.165, 1.54) is 5.56 Å². The average molecular weight is 393 g/mol. The van der Waals surface area contributed by atoms with Crippen molar-refractivity contribution in [3.05, 3.63) is 52.2 Å². The Morgan fingerprint density at radius 1 is 1.24 bits per heavy atom. The van der Waals surface area contributed by atoms with Crippen LogP contribution in [0.1, 0.15) is 45.5 Å². The quantitative estimate of drug-likeness (QED) is 0.686. The number of hydrogen-bond donors (Lipinski definition) is 0. The zero-order valence-corrected chi connectivity index (χ0v) is 17.6. The van der Waals surface area contributed by atoms with Crippen molar-refractivity contribution in [1.29, 1.82) is 0 Å². The Labute approximate surface area is 170 Å². The number of rotatable bonds is 3. The van der Waals surface area contributed by atoms with Gasteiger partial charge in [-0.15, -0.1) is 0 Å². The average Bonchev–Trinajstić information content (AvgIpc) is 3.21. The Bertz CT molecular complexity index is 1150. The van der Waals surface area contributed by atoms with Gasteiger partial charge in [0.1, 0.15) is 11.2 Å². The molecular weight excluding hydrogens is 366 g/mol. The molecule has 7 nitrogen and oxygen atoms in total. The topological polar surface area (TPSA) is 73.0 Å². The lowest BCUT2D eigenvalue weighted by molar-refractivity contribution is -0.119. The molecule has 3 heterocycles. The number of carbonyl (C=O) groups excluding carboxylic acids is 1. The maximum atomic E-state index is 13.0. The van der Waals surface area contributed by atoms with Crippen molar-refractivity contribution in [2.75, 3.05) is 4.90 Å². The van der Waals surface area contributed by atoms with Gasteiger partial charge in [-0.25, -0.2) is 9.67 Å². The van der Waals surface area contributed by atoms with E-state index >= 15 is 0 Å². The number of aromatic nitrogens is 4. The monoisotopic (exact) mass is 393 g/mol. The minimum absolute atomic E-state index is 0.0271. The molecule has 1 amide bonds. The molecule has 0 saturated carbocycles. The summed E-state index contributed by atoms with van der Waals surface area (Å²) >= 11 is 0. The summed E-state index contributed by atoms with van der Waals surface area (Å²) in [6.45, 7) is 10.2. The van der Waals surface area contributed by atoms with Gasteiger partial charge in [0.25, 0.3) is 5.56 Å². The van der Waals surface area contributed by atoms with Crippen LogP contribution in [-0.2, 0) is 23.3 Å². The van der Waals surface area contributed by atoms with Crippen molar-refractivity contribution in [2.24, 2.45) is 0 Å². The van der Waals surface area contributed by atoms with Crippen molar-refractivity contribution in [2.45, 2.75) is 65.6 Å². The van der Waals surface area contributed by atoms with Crippen LogP contribution in [0.3, 0.4) is 0 Å². The molecule has 4 rings (SSSR count). The van der Waals surface area contributed by atoms with Gasteiger partial charge in [0.15, 0.2) is 5.65 Å². The normalized spacial score (nSPS) is 16.4. The number of aryl methyl sites for hydroxylation is 1. The largest absolute Gasteiger partial charge is 0.309 e. The molecule has 29 heavy (non-hydrogen) atoms. The van der Waals surface area contributed by atoms with Crippen LogP contribution < -0.4 is 10.5 Å². The van der Waals surface area contributed by atoms with Gasteiger partial charge in [-0.1, -0.05) is 18.2 Å². The molecule has 1 unspecified atom stereocenters. The molecule has 0 aliphatic carbocycles. The predicted molar refractivity (Wildman–Crippen MR) is 113 cm³/mol. The Hall–Kier alpha value is -2.96. The fraction of sp³-hybridized carbons (Fsp3) is 0.455. The van der Waals surface area contributed by atoms with Crippen LogP contribution in [0.4, 0.5) is 5.69 Å². The molecule has 0 bridgehead atoms. The molecule has 152 valence electrons. The third-order valence-corrected chi connectivity index (χ3v) is 5.54. The van der Waals surface area contributed by atoms with Crippen molar-refractivity contribution in [1.82, 2.24) is 19.3 Å². The van der Waals surface area contributed by atoms with E-state index in [1.54, 1.807) is 22.4 Å². The minimum atomic E-state index is -0.269. The standard InChI is InChI=1S/C22H27N5O2/c1-14-12-16-8-6-7-9-18(16)26(14)19(28)10-11-25-15(2)24-20-17(21(25)29)13-23-27(20)22(3,4)5/h6-9,13-14H,10-12H2,1-5H3. The SMILES string of the molecule is Cc1nc2c(cnn2C(C)(C)C)c(=O)n1CCC(=O)N1c2ccccc2CC1C. The van der Waals surface area contributed by atoms with Crippen molar-refractivity contribution in [3.63, 3.8) is 0 Å². The smallest absolute Gasteiger partial charge is 0.264 e. The van der Waals surface area contributed by atoms with Crippen molar-refractivity contribution in [3.8, 4) is 0 Å². The molecule has 0 fully saturated rings. The molecule has 1 aliphatic rings. The molecule has 1 aliphatic heterocycles. The minimum Gasteiger partial charge on any atom is -0.309 e. The third kappa shape index (κ3) is 3.24. The van der Waals surface area contributed by atoms with Gasteiger partial charge in [0.05, 0.1) is 11.7 Å². The first kappa shape index (κ1) is 19.4. The van der Waals surface area contributed by atoms with E-state index in [9.17, 15) is 9.59 Å². The van der Waals surface area contributed by atoms with Crippen LogP contribution in [0.2, 0.25) is 0 Å². The van der Waals surface area contributed by atoms with E-state index < -0.39 is 0 Å². The highest BCUT2D eigenvalue weighted by Gasteiger charge is 2.30. The van der Waals surface area contributed by atoms with Crippen molar-refractivity contribution >= 4 is 22.6 Å². The fourth-order valence-corrected chi connectivity index (χ4v) is 4.13. The highest BCUT2D eigenvalue weighted by molar-refractivity contribution is 5.96. The van der Waals surface area contributed by atoms with Crippen LogP contribution in [0, 0.1) is 6.92 Å². The molecule has 3 aromatic rings. The number of fused-ring (bicyclic) bond motifs is 2. The van der Waals surface area contributed by atoms with Gasteiger partial charge in [0, 0.05) is 24.7 Å². The summed E-state index contributed by atoms with van der Waals surface area (Å²) < 4.78 is 3.36. The molecule has 0 spiro atoms. The zero-order valence-electron chi connectivity index (χ0n) is 17.6. The molecular formula is C22H27N5O2. The summed E-state index contributed by atoms with van der Waals surface area (Å²) in [7, 11) is 0. The van der Waals surface area contributed by atoms with E-state index in [-0.39, 0.29) is 29.5 Å². The van der Waals surface area contributed by atoms with Crippen LogP contribution in [0.25, 0.3) is 11.0 Å². The number of hydrogen-bond acceptors (Lipinski definition) is 4. The van der Waals surface area contributed by atoms with Gasteiger partial charge >= 0.3 is 0 Å². The molecule has 1 aromatic carbocycles. The van der Waals surface area contributed by atoms with Gasteiger partial charge in [-0.05, 0) is 52.7 Å². The lowest BCUT2D eigenvalue weighted by Crippen LogP contribution is -2.37. The van der Waals surface area contributed by atoms with Crippen LogP contribution in [-0.4, -0.2) is 31.3 Å². The number of benzene rings is 1. The summed E-state index contributed by atoms with van der Waals surface area (Å²) in [5.74, 6) is 0.621. The summed E-state index contributed by atoms with van der Waals surface area (Å²) in [4.78, 5) is 32.5. The summed E-state index contributed by atoms with van der Waals surface area (Å²) in [6.07, 6.45) is 2.69. The first-order valence-corrected chi connectivity index (χ1v) is 10.0. The molecule has 0 radical (unpaired) electrons. The lowest BCUT2D eigenvalue weighted by atomic mass is 10.1. The summed E-state index contributed by atoms with van der Waals surface area (Å²) in [5, 5.41) is 4.85. The second-order valence-electron chi connectivity index (χ2n) is 8.78. The van der Waals surface area contributed by atoms with E-state index in [4.69, 9.17) is 0 Å². The second-order valence-corrected chi connectivity index (χ2v) is 8.78. The third-order valence-electron chi connectivity index (χ3n) is 5.54. The Balaban J connectivity index is 1.61. The number of carbonyl (C=O) groups is 1. The first-order valence-electron chi connectivity index (χ1n) is 10.0. The summed E-state index contributed by atoms with van der Waals surface area (Å²) in [5.41, 5.74) is 2.35. The molecule has 1 atom stereocenters. The second kappa shape index (κ2) is 6.83. The van der Waals surface area contributed by atoms with Gasteiger partial charge in [-0.3, -0.25) is 14.2 Å². The molecule has 0 N–H and O–H groups in total. The van der Waals surface area contributed by atoms with Gasteiger partial charge < -0.3 is 4.90 Å². The van der Waals surface area contributed by atoms with Crippen molar-refractivity contribution < 1.29 is 4.79 Å². The zero-order chi connectivity index (χ0) is 20.9. The maximum absolute atomic E-state index is 13.0. The highest BCUT2D eigenvalue weighted by Crippen LogP contribution is 2.32. The maximum Gasteiger partial charge on any atom is 0.264 e. The Kier molecular flexibility index (Phi) is 4.56. The van der Waals surface area contributed by atoms with Crippen LogP contribution in [0.15, 0.2) is 35.3 Å². The lowest BCUT2D eigenvalue weighted by Gasteiger charge is -2.23. The number of anilines is 1.